The maximum absolute atomic E-state index is 10.7. The molecule has 2 rings (SSSR count). The van der Waals surface area contributed by atoms with Crippen LogP contribution in [-0.2, 0) is 6.42 Å². The zero-order valence-electron chi connectivity index (χ0n) is 12.2. The van der Waals surface area contributed by atoms with Crippen molar-refractivity contribution in [3.63, 3.8) is 0 Å². The Labute approximate surface area is 115 Å². The van der Waals surface area contributed by atoms with Gasteiger partial charge in [0.1, 0.15) is 6.10 Å². The van der Waals surface area contributed by atoms with E-state index in [4.69, 9.17) is 0 Å². The first-order chi connectivity index (χ1) is 9.04. The lowest BCUT2D eigenvalue weighted by atomic mass is 9.91. The average molecular weight is 254 g/mol. The second kappa shape index (κ2) is 5.58. The molecule has 0 aliphatic rings. The van der Waals surface area contributed by atoms with Crippen LogP contribution in [0, 0.1) is 20.8 Å². The Balaban J connectivity index is 2.50. The van der Waals surface area contributed by atoms with Crippen molar-refractivity contribution in [2.24, 2.45) is 0 Å². The van der Waals surface area contributed by atoms with Crippen LogP contribution in [0.5, 0.6) is 0 Å². The van der Waals surface area contributed by atoms with Crippen molar-refractivity contribution in [1.82, 2.24) is 0 Å². The van der Waals surface area contributed by atoms with Crippen LogP contribution in [0.2, 0.25) is 0 Å². The van der Waals surface area contributed by atoms with Gasteiger partial charge in [-0.2, -0.15) is 0 Å². The van der Waals surface area contributed by atoms with E-state index in [1.165, 1.54) is 16.7 Å². The molecule has 0 saturated carbocycles. The Hall–Kier alpha value is -1.60. The quantitative estimate of drug-likeness (QED) is 0.868. The molecular weight excluding hydrogens is 232 g/mol. The first-order valence-corrected chi connectivity index (χ1v) is 6.88. The van der Waals surface area contributed by atoms with Gasteiger partial charge in [-0.1, -0.05) is 43.3 Å². The minimum absolute atomic E-state index is 0.532. The van der Waals surface area contributed by atoms with Gasteiger partial charge in [-0.15, -0.1) is 0 Å². The summed E-state index contributed by atoms with van der Waals surface area (Å²) >= 11 is 0. The fourth-order valence-corrected chi connectivity index (χ4v) is 2.57. The van der Waals surface area contributed by atoms with Crippen molar-refractivity contribution in [3.8, 4) is 0 Å². The smallest absolute Gasteiger partial charge is 0.105 e. The number of benzene rings is 2. The van der Waals surface area contributed by atoms with Crippen molar-refractivity contribution in [1.29, 1.82) is 0 Å². The molecule has 19 heavy (non-hydrogen) atoms. The molecule has 0 aliphatic carbocycles. The van der Waals surface area contributed by atoms with Crippen molar-refractivity contribution < 1.29 is 5.11 Å². The number of hydrogen-bond donors (Lipinski definition) is 1. The van der Waals surface area contributed by atoms with Crippen LogP contribution in [0.25, 0.3) is 0 Å². The molecule has 0 bridgehead atoms. The van der Waals surface area contributed by atoms with Gasteiger partial charge in [-0.05, 0) is 60.6 Å². The van der Waals surface area contributed by atoms with E-state index in [2.05, 4.69) is 45.9 Å². The molecule has 2 aromatic rings. The summed E-state index contributed by atoms with van der Waals surface area (Å²) in [5.74, 6) is 0. The number of aliphatic hydroxyl groups excluding tert-OH is 1. The Kier molecular flexibility index (Phi) is 4.06. The van der Waals surface area contributed by atoms with E-state index in [0.717, 1.165) is 23.1 Å². The summed E-state index contributed by atoms with van der Waals surface area (Å²) in [6.45, 7) is 8.40. The standard InChI is InChI=1S/C18H22O/c1-5-15-8-6-7-9-16(15)18(19)17-11-13(3)12(2)10-14(17)4/h6-11,18-19H,5H2,1-4H3. The van der Waals surface area contributed by atoms with Crippen LogP contribution < -0.4 is 0 Å². The summed E-state index contributed by atoms with van der Waals surface area (Å²) < 4.78 is 0. The summed E-state index contributed by atoms with van der Waals surface area (Å²) in [5.41, 5.74) is 6.92. The van der Waals surface area contributed by atoms with Crippen molar-refractivity contribution in [2.45, 2.75) is 40.2 Å². The van der Waals surface area contributed by atoms with E-state index in [9.17, 15) is 5.11 Å². The molecule has 1 atom stereocenters. The molecular formula is C18H22O. The summed E-state index contributed by atoms with van der Waals surface area (Å²) in [6, 6.07) is 12.4. The first-order valence-electron chi connectivity index (χ1n) is 6.88. The maximum Gasteiger partial charge on any atom is 0.105 e. The highest BCUT2D eigenvalue weighted by Gasteiger charge is 2.16. The molecule has 1 heteroatoms. The second-order valence-corrected chi connectivity index (χ2v) is 5.25. The number of aryl methyl sites for hydroxylation is 4. The van der Waals surface area contributed by atoms with Crippen LogP contribution in [0.1, 0.15) is 46.4 Å². The largest absolute Gasteiger partial charge is 0.384 e. The monoisotopic (exact) mass is 254 g/mol. The Morgan fingerprint density at radius 3 is 2.21 bits per heavy atom. The van der Waals surface area contributed by atoms with Gasteiger partial charge in [0.15, 0.2) is 0 Å². The van der Waals surface area contributed by atoms with Crippen LogP contribution in [0.3, 0.4) is 0 Å². The second-order valence-electron chi connectivity index (χ2n) is 5.25. The lowest BCUT2D eigenvalue weighted by Gasteiger charge is -2.18. The number of hydrogen-bond acceptors (Lipinski definition) is 1. The lowest BCUT2D eigenvalue weighted by molar-refractivity contribution is 0.218. The first kappa shape index (κ1) is 13.8. The Morgan fingerprint density at radius 1 is 0.895 bits per heavy atom. The van der Waals surface area contributed by atoms with Gasteiger partial charge in [0.05, 0.1) is 0 Å². The minimum Gasteiger partial charge on any atom is -0.384 e. The fraction of sp³-hybridized carbons (Fsp3) is 0.333. The molecule has 0 fully saturated rings. The topological polar surface area (TPSA) is 20.2 Å². The van der Waals surface area contributed by atoms with E-state index >= 15 is 0 Å². The summed E-state index contributed by atoms with van der Waals surface area (Å²) in [7, 11) is 0. The summed E-state index contributed by atoms with van der Waals surface area (Å²) in [6.07, 6.45) is 0.410. The third-order valence-electron chi connectivity index (χ3n) is 3.91. The molecule has 0 amide bonds. The zero-order chi connectivity index (χ0) is 14.0. The molecule has 0 radical (unpaired) electrons. The third-order valence-corrected chi connectivity index (χ3v) is 3.91. The Morgan fingerprint density at radius 2 is 1.53 bits per heavy atom. The van der Waals surface area contributed by atoms with Crippen molar-refractivity contribution >= 4 is 0 Å². The highest BCUT2D eigenvalue weighted by Crippen LogP contribution is 2.29. The molecule has 0 saturated heterocycles. The van der Waals surface area contributed by atoms with Gasteiger partial charge in [0.25, 0.3) is 0 Å². The van der Waals surface area contributed by atoms with E-state index in [1.54, 1.807) is 0 Å². The van der Waals surface area contributed by atoms with Crippen LogP contribution in [-0.4, -0.2) is 5.11 Å². The summed E-state index contributed by atoms with van der Waals surface area (Å²) in [5, 5.41) is 10.7. The van der Waals surface area contributed by atoms with Crippen LogP contribution in [0.15, 0.2) is 36.4 Å². The number of rotatable bonds is 3. The molecule has 0 aromatic heterocycles. The minimum atomic E-state index is -0.532. The zero-order valence-corrected chi connectivity index (χ0v) is 12.2. The highest BCUT2D eigenvalue weighted by atomic mass is 16.3. The molecule has 0 aliphatic heterocycles. The van der Waals surface area contributed by atoms with Crippen LogP contribution >= 0.6 is 0 Å². The Bertz CT molecular complexity index is 584. The summed E-state index contributed by atoms with van der Waals surface area (Å²) in [4.78, 5) is 0. The van der Waals surface area contributed by atoms with Gasteiger partial charge in [-0.25, -0.2) is 0 Å². The lowest BCUT2D eigenvalue weighted by Crippen LogP contribution is -2.06. The maximum atomic E-state index is 10.7. The normalized spacial score (nSPS) is 12.5. The van der Waals surface area contributed by atoms with E-state index in [0.29, 0.717) is 0 Å². The van der Waals surface area contributed by atoms with Gasteiger partial charge in [0.2, 0.25) is 0 Å². The molecule has 1 unspecified atom stereocenters. The van der Waals surface area contributed by atoms with Gasteiger partial charge >= 0.3 is 0 Å². The van der Waals surface area contributed by atoms with Crippen molar-refractivity contribution in [3.05, 3.63) is 69.8 Å². The van der Waals surface area contributed by atoms with Crippen LogP contribution in [0.4, 0.5) is 0 Å². The average Bonchev–Trinajstić information content (AvgIpc) is 2.42. The highest BCUT2D eigenvalue weighted by molar-refractivity contribution is 5.43. The predicted octanol–water partition coefficient (Wildman–Crippen LogP) is 4.26. The molecule has 1 N–H and O–H groups in total. The van der Waals surface area contributed by atoms with E-state index in [-0.39, 0.29) is 0 Å². The predicted molar refractivity (Wildman–Crippen MR) is 80.5 cm³/mol. The molecule has 100 valence electrons. The van der Waals surface area contributed by atoms with Gasteiger partial charge in [-0.3, -0.25) is 0 Å². The SMILES string of the molecule is CCc1ccccc1C(O)c1cc(C)c(C)cc1C. The molecule has 2 aromatic carbocycles. The molecule has 0 spiro atoms. The third kappa shape index (κ3) is 2.71. The van der Waals surface area contributed by atoms with Gasteiger partial charge < -0.3 is 5.11 Å². The molecule has 1 nitrogen and oxygen atoms in total. The fourth-order valence-electron chi connectivity index (χ4n) is 2.57. The van der Waals surface area contributed by atoms with E-state index in [1.807, 2.05) is 18.2 Å². The van der Waals surface area contributed by atoms with Crippen molar-refractivity contribution in [2.75, 3.05) is 0 Å². The van der Waals surface area contributed by atoms with E-state index < -0.39 is 6.10 Å². The number of aliphatic hydroxyl groups is 1. The molecule has 0 heterocycles. The van der Waals surface area contributed by atoms with Gasteiger partial charge in [0, 0.05) is 0 Å².